The maximum absolute atomic E-state index is 14.3. The minimum atomic E-state index is -4.36. The van der Waals surface area contributed by atoms with Gasteiger partial charge in [-0.2, -0.15) is 0 Å². The lowest BCUT2D eigenvalue weighted by Crippen LogP contribution is -2.53. The van der Waals surface area contributed by atoms with Crippen LogP contribution in [0.15, 0.2) is 119 Å². The largest absolute Gasteiger partial charge is 0.357 e. The smallest absolute Gasteiger partial charge is 0.271 e. The minimum Gasteiger partial charge on any atom is -0.357 e. The summed E-state index contributed by atoms with van der Waals surface area (Å²) < 4.78 is 29.5. The lowest BCUT2D eigenvalue weighted by atomic mass is 10.0. The van der Waals surface area contributed by atoms with Crippen LogP contribution in [-0.2, 0) is 32.6 Å². The number of hydrogen-bond acceptors (Lipinski definition) is 6. The number of nitrogens with one attached hydrogen (secondary N) is 1. The van der Waals surface area contributed by atoms with Crippen molar-refractivity contribution in [2.45, 2.75) is 23.9 Å². The highest BCUT2D eigenvalue weighted by Gasteiger charge is 2.34. The molecule has 0 heterocycles. The molecule has 0 aliphatic carbocycles. The fourth-order valence-corrected chi connectivity index (χ4v) is 6.44. The molecule has 4 aromatic rings. The van der Waals surface area contributed by atoms with Gasteiger partial charge in [0.15, 0.2) is 0 Å². The number of likely N-dealkylation sites (N-methyl/N-ethyl adjacent to an activating group) is 1. The molecule has 0 saturated heterocycles. The number of sulfonamides is 1. The first-order chi connectivity index (χ1) is 20.6. The monoisotopic (exact) mass is 664 g/mol. The lowest BCUT2D eigenvalue weighted by Gasteiger charge is -2.33. The molecule has 43 heavy (non-hydrogen) atoms. The van der Waals surface area contributed by atoms with Gasteiger partial charge < -0.3 is 10.2 Å². The molecule has 12 heteroatoms. The van der Waals surface area contributed by atoms with Crippen LogP contribution >= 0.6 is 15.9 Å². The minimum absolute atomic E-state index is 0.00262. The van der Waals surface area contributed by atoms with Crippen molar-refractivity contribution in [2.24, 2.45) is 0 Å². The quantitative estimate of drug-likeness (QED) is 0.169. The summed E-state index contributed by atoms with van der Waals surface area (Å²) in [6.07, 6.45) is 0.169. The van der Waals surface area contributed by atoms with Crippen molar-refractivity contribution in [3.63, 3.8) is 0 Å². The predicted molar refractivity (Wildman–Crippen MR) is 167 cm³/mol. The number of rotatable bonds is 12. The number of non-ortho nitro benzene ring substituents is 1. The van der Waals surface area contributed by atoms with Crippen molar-refractivity contribution in [3.8, 4) is 0 Å². The van der Waals surface area contributed by atoms with Crippen LogP contribution in [0.2, 0.25) is 0 Å². The summed E-state index contributed by atoms with van der Waals surface area (Å²) >= 11 is 3.44. The molecule has 0 radical (unpaired) electrons. The molecular weight excluding hydrogens is 636 g/mol. The number of nitro groups is 1. The van der Waals surface area contributed by atoms with Crippen LogP contribution < -0.4 is 9.62 Å². The zero-order chi connectivity index (χ0) is 31.0. The Morgan fingerprint density at radius 2 is 1.51 bits per heavy atom. The van der Waals surface area contributed by atoms with Crippen molar-refractivity contribution < 1.29 is 22.9 Å². The number of nitrogens with zero attached hydrogens (tertiary/aromatic N) is 3. The fraction of sp³-hybridized carbons (Fsp3) is 0.161. The first-order valence-electron chi connectivity index (χ1n) is 13.2. The van der Waals surface area contributed by atoms with Crippen LogP contribution in [0.1, 0.15) is 11.1 Å². The van der Waals surface area contributed by atoms with Crippen molar-refractivity contribution in [1.29, 1.82) is 0 Å². The van der Waals surface area contributed by atoms with Gasteiger partial charge in [0, 0.05) is 36.6 Å². The second-order valence-electron chi connectivity index (χ2n) is 9.57. The van der Waals surface area contributed by atoms with E-state index in [9.17, 15) is 28.1 Å². The summed E-state index contributed by atoms with van der Waals surface area (Å²) in [4.78, 5) is 39.7. The highest BCUT2D eigenvalue weighted by molar-refractivity contribution is 9.10. The van der Waals surface area contributed by atoms with Gasteiger partial charge in [-0.25, -0.2) is 8.42 Å². The van der Waals surface area contributed by atoms with Gasteiger partial charge in [0.25, 0.3) is 15.7 Å². The first-order valence-corrected chi connectivity index (χ1v) is 15.4. The van der Waals surface area contributed by atoms with Gasteiger partial charge in [0.2, 0.25) is 11.8 Å². The topological polar surface area (TPSA) is 130 Å². The molecular formula is C31H29BrN4O6S. The van der Waals surface area contributed by atoms with Crippen LogP contribution in [0.25, 0.3) is 0 Å². The molecule has 0 unspecified atom stereocenters. The Hall–Kier alpha value is -4.55. The molecule has 4 aromatic carbocycles. The summed E-state index contributed by atoms with van der Waals surface area (Å²) in [5.74, 6) is -1.10. The Bertz CT molecular complexity index is 1700. The number of hydrogen-bond donors (Lipinski definition) is 1. The normalized spacial score (nSPS) is 11.8. The van der Waals surface area contributed by atoms with E-state index in [0.717, 1.165) is 20.4 Å². The van der Waals surface area contributed by atoms with E-state index in [1.165, 1.54) is 42.3 Å². The van der Waals surface area contributed by atoms with E-state index in [4.69, 9.17) is 0 Å². The molecule has 0 bridgehead atoms. The van der Waals surface area contributed by atoms with E-state index in [1.807, 2.05) is 42.5 Å². The second-order valence-corrected chi connectivity index (χ2v) is 12.4. The van der Waals surface area contributed by atoms with E-state index in [1.54, 1.807) is 30.3 Å². The van der Waals surface area contributed by atoms with Crippen LogP contribution in [0.4, 0.5) is 11.4 Å². The molecule has 2 amide bonds. The third-order valence-corrected chi connectivity index (χ3v) is 8.98. The van der Waals surface area contributed by atoms with Crippen LogP contribution in [0, 0.1) is 10.1 Å². The SMILES string of the molecule is CNC(=O)[C@@H](Cc1ccccc1)N(Cc1cccc(Br)c1)C(=O)CN(c1cccc([N+](=O)[O-])c1)S(=O)(=O)c1ccccc1. The summed E-state index contributed by atoms with van der Waals surface area (Å²) in [5.41, 5.74) is 1.11. The van der Waals surface area contributed by atoms with Crippen LogP contribution in [0.5, 0.6) is 0 Å². The summed E-state index contributed by atoms with van der Waals surface area (Å²) in [7, 11) is -2.89. The standard InChI is InChI=1S/C31H29BrN4O6S/c1-33-31(38)29(19-23-10-4-2-5-11-23)34(21-24-12-8-13-25(32)18-24)30(37)22-35(26-14-9-15-27(20-26)36(39)40)43(41,42)28-16-6-3-7-17-28/h2-18,20,29H,19,21-22H2,1H3,(H,33,38)/t29-/m1/s1. The fourth-order valence-electron chi connectivity index (χ4n) is 4.56. The molecule has 0 aromatic heterocycles. The van der Waals surface area contributed by atoms with Gasteiger partial charge in [-0.15, -0.1) is 0 Å². The molecule has 1 N–H and O–H groups in total. The summed E-state index contributed by atoms with van der Waals surface area (Å²) in [6, 6.07) is 28.0. The molecule has 0 aliphatic rings. The lowest BCUT2D eigenvalue weighted by molar-refractivity contribution is -0.384. The molecule has 0 spiro atoms. The van der Waals surface area contributed by atoms with Crippen molar-refractivity contribution in [1.82, 2.24) is 10.2 Å². The summed E-state index contributed by atoms with van der Waals surface area (Å²) in [5, 5.41) is 14.2. The van der Waals surface area contributed by atoms with E-state index in [0.29, 0.717) is 5.56 Å². The van der Waals surface area contributed by atoms with Gasteiger partial charge in [-0.05, 0) is 41.5 Å². The number of amides is 2. The van der Waals surface area contributed by atoms with Gasteiger partial charge in [0.05, 0.1) is 15.5 Å². The van der Waals surface area contributed by atoms with Gasteiger partial charge in [-0.3, -0.25) is 24.0 Å². The molecule has 1 atom stereocenters. The van der Waals surface area contributed by atoms with Crippen molar-refractivity contribution in [2.75, 3.05) is 17.9 Å². The number of anilines is 1. The van der Waals surface area contributed by atoms with E-state index in [2.05, 4.69) is 21.2 Å². The molecule has 0 fully saturated rings. The third-order valence-electron chi connectivity index (χ3n) is 6.70. The average Bonchev–Trinajstić information content (AvgIpc) is 3.02. The highest BCUT2D eigenvalue weighted by Crippen LogP contribution is 2.28. The maximum Gasteiger partial charge on any atom is 0.271 e. The van der Waals surface area contributed by atoms with Crippen LogP contribution in [-0.4, -0.2) is 49.7 Å². The van der Waals surface area contributed by atoms with E-state index >= 15 is 0 Å². The zero-order valence-corrected chi connectivity index (χ0v) is 25.6. The Morgan fingerprint density at radius 1 is 0.884 bits per heavy atom. The average molecular weight is 666 g/mol. The van der Waals surface area contributed by atoms with Crippen molar-refractivity contribution >= 4 is 49.1 Å². The Kier molecular flexibility index (Phi) is 10.3. The molecule has 4 rings (SSSR count). The van der Waals surface area contributed by atoms with Crippen molar-refractivity contribution in [3.05, 3.63) is 135 Å². The molecule has 222 valence electrons. The number of carbonyl (C=O) groups excluding carboxylic acids is 2. The Labute approximate surface area is 258 Å². The predicted octanol–water partition coefficient (Wildman–Crippen LogP) is 4.94. The summed E-state index contributed by atoms with van der Waals surface area (Å²) in [6.45, 7) is -0.716. The van der Waals surface area contributed by atoms with Gasteiger partial charge >= 0.3 is 0 Å². The number of halogens is 1. The van der Waals surface area contributed by atoms with Crippen LogP contribution in [0.3, 0.4) is 0 Å². The van der Waals surface area contributed by atoms with E-state index in [-0.39, 0.29) is 29.2 Å². The number of nitro benzene ring substituents is 1. The number of carbonyl (C=O) groups is 2. The molecule has 10 nitrogen and oxygen atoms in total. The number of benzene rings is 4. The van der Waals surface area contributed by atoms with Gasteiger partial charge in [0.1, 0.15) is 12.6 Å². The molecule has 0 saturated carbocycles. The van der Waals surface area contributed by atoms with E-state index < -0.39 is 39.3 Å². The Morgan fingerprint density at radius 3 is 2.14 bits per heavy atom. The maximum atomic E-state index is 14.3. The zero-order valence-electron chi connectivity index (χ0n) is 23.2. The highest BCUT2D eigenvalue weighted by atomic mass is 79.9. The third kappa shape index (κ3) is 7.85. The first kappa shape index (κ1) is 31.4. The molecule has 0 aliphatic heterocycles. The van der Waals surface area contributed by atoms with Gasteiger partial charge in [-0.1, -0.05) is 82.7 Å². The second kappa shape index (κ2) is 14.1. The Balaban J connectivity index is 1.81.